The Morgan fingerprint density at radius 1 is 1.26 bits per heavy atom. The zero-order valence-corrected chi connectivity index (χ0v) is 16.4. The normalized spacial score (nSPS) is 11.5. The molecule has 0 atom stereocenters. The second-order valence-electron chi connectivity index (χ2n) is 6.45. The van der Waals surface area contributed by atoms with Crippen LogP contribution in [-0.4, -0.2) is 38.2 Å². The summed E-state index contributed by atoms with van der Waals surface area (Å²) in [5.74, 6) is -3.17. The van der Waals surface area contributed by atoms with E-state index in [-0.39, 0.29) is 27.2 Å². The lowest BCUT2D eigenvalue weighted by molar-refractivity contribution is -0.138. The van der Waals surface area contributed by atoms with Crippen molar-refractivity contribution in [2.24, 2.45) is 7.05 Å². The number of aromatic nitrogens is 2. The fraction of sp³-hybridized carbons (Fsp3) is 0.158. The zero-order chi connectivity index (χ0) is 23.1. The lowest BCUT2D eigenvalue weighted by Gasteiger charge is -2.13. The van der Waals surface area contributed by atoms with Gasteiger partial charge in [-0.3, -0.25) is 19.4 Å². The molecule has 3 aromatic rings. The van der Waals surface area contributed by atoms with E-state index in [0.29, 0.717) is 12.3 Å². The SMILES string of the molecule is Cn1c(=O)c(C(=O)NCC(=O)O)c(O)c2cc(-c3ncc(C(F)(F)F)cc3Cl)ccc21. The Morgan fingerprint density at radius 3 is 2.52 bits per heavy atom. The van der Waals surface area contributed by atoms with Gasteiger partial charge in [0.05, 0.1) is 21.8 Å². The van der Waals surface area contributed by atoms with Gasteiger partial charge < -0.3 is 20.1 Å². The predicted molar refractivity (Wildman–Crippen MR) is 104 cm³/mol. The molecule has 0 spiro atoms. The first-order chi connectivity index (χ1) is 14.4. The first kappa shape index (κ1) is 22.1. The number of carbonyl (C=O) groups excluding carboxylic acids is 1. The van der Waals surface area contributed by atoms with Gasteiger partial charge >= 0.3 is 12.1 Å². The highest BCUT2D eigenvalue weighted by Crippen LogP contribution is 2.36. The molecule has 3 N–H and O–H groups in total. The van der Waals surface area contributed by atoms with Crippen LogP contribution in [0.3, 0.4) is 0 Å². The number of nitrogens with one attached hydrogen (secondary N) is 1. The molecule has 0 saturated heterocycles. The van der Waals surface area contributed by atoms with Crippen LogP contribution < -0.4 is 10.9 Å². The number of carboxylic acids is 1. The van der Waals surface area contributed by atoms with Crippen LogP contribution in [0.2, 0.25) is 5.02 Å². The van der Waals surface area contributed by atoms with Gasteiger partial charge in [-0.2, -0.15) is 13.2 Å². The van der Waals surface area contributed by atoms with Crippen LogP contribution in [0, 0.1) is 0 Å². The summed E-state index contributed by atoms with van der Waals surface area (Å²) in [6.07, 6.45) is -4.02. The minimum atomic E-state index is -4.63. The summed E-state index contributed by atoms with van der Waals surface area (Å²) in [7, 11) is 1.33. The number of benzene rings is 1. The van der Waals surface area contributed by atoms with Crippen molar-refractivity contribution < 1.29 is 33.0 Å². The first-order valence-electron chi connectivity index (χ1n) is 8.50. The van der Waals surface area contributed by atoms with E-state index in [9.17, 15) is 32.7 Å². The molecular formula is C19H13ClF3N3O5. The van der Waals surface area contributed by atoms with Gasteiger partial charge in [-0.1, -0.05) is 17.7 Å². The van der Waals surface area contributed by atoms with Crippen LogP contribution in [-0.2, 0) is 18.0 Å². The van der Waals surface area contributed by atoms with Crippen molar-refractivity contribution in [3.63, 3.8) is 0 Å². The molecule has 0 radical (unpaired) electrons. The van der Waals surface area contributed by atoms with Gasteiger partial charge in [0.15, 0.2) is 0 Å². The number of rotatable bonds is 4. The number of amides is 1. The number of hydrogen-bond donors (Lipinski definition) is 3. The summed E-state index contributed by atoms with van der Waals surface area (Å²) in [4.78, 5) is 39.1. The Bertz CT molecular complexity index is 1290. The highest BCUT2D eigenvalue weighted by atomic mass is 35.5. The van der Waals surface area contributed by atoms with Crippen LogP contribution in [0.25, 0.3) is 22.2 Å². The lowest BCUT2D eigenvalue weighted by Crippen LogP contribution is -2.35. The number of carboxylic acid groups (broad SMARTS) is 1. The summed E-state index contributed by atoms with van der Waals surface area (Å²) < 4.78 is 39.6. The van der Waals surface area contributed by atoms with Crippen LogP contribution in [0.4, 0.5) is 13.2 Å². The van der Waals surface area contributed by atoms with Gasteiger partial charge in [0.1, 0.15) is 17.9 Å². The first-order valence-corrected chi connectivity index (χ1v) is 8.88. The van der Waals surface area contributed by atoms with Crippen LogP contribution in [0.5, 0.6) is 5.75 Å². The molecule has 0 fully saturated rings. The number of carbonyl (C=O) groups is 2. The minimum Gasteiger partial charge on any atom is -0.506 e. The summed E-state index contributed by atoms with van der Waals surface area (Å²) in [6, 6.07) is 4.85. The standard InChI is InChI=1S/C19H13ClF3N3O5/c1-26-12-3-2-8(15-11(20)5-9(6-24-15)19(21,22)23)4-10(12)16(29)14(18(26)31)17(30)25-7-13(27)28/h2-6,29H,7H2,1H3,(H,25,30)(H,27,28). The molecule has 2 aromatic heterocycles. The molecule has 0 bridgehead atoms. The molecule has 2 heterocycles. The number of alkyl halides is 3. The van der Waals surface area contributed by atoms with Crippen molar-refractivity contribution in [3.8, 4) is 17.0 Å². The summed E-state index contributed by atoms with van der Waals surface area (Å²) >= 11 is 5.97. The molecular weight excluding hydrogens is 443 g/mol. The molecule has 0 aliphatic carbocycles. The van der Waals surface area contributed by atoms with Crippen LogP contribution in [0.15, 0.2) is 35.3 Å². The average molecular weight is 456 g/mol. The van der Waals surface area contributed by atoms with Crippen molar-refractivity contribution in [1.82, 2.24) is 14.9 Å². The molecule has 0 saturated carbocycles. The Morgan fingerprint density at radius 2 is 1.94 bits per heavy atom. The third-order valence-electron chi connectivity index (χ3n) is 4.44. The molecule has 0 aliphatic heterocycles. The Hall–Kier alpha value is -3.60. The highest BCUT2D eigenvalue weighted by molar-refractivity contribution is 6.33. The number of aliphatic carboxylic acids is 1. The van der Waals surface area contributed by atoms with Gasteiger partial charge in [-0.25, -0.2) is 0 Å². The number of pyridine rings is 2. The predicted octanol–water partition coefficient (Wildman–Crippen LogP) is 2.79. The third kappa shape index (κ3) is 4.17. The van der Waals surface area contributed by atoms with Gasteiger partial charge in [-0.05, 0) is 18.2 Å². The van der Waals surface area contributed by atoms with Crippen LogP contribution >= 0.6 is 11.6 Å². The smallest absolute Gasteiger partial charge is 0.417 e. The molecule has 1 amide bonds. The van der Waals surface area contributed by atoms with E-state index in [1.807, 2.05) is 5.32 Å². The molecule has 0 aliphatic rings. The Labute approximate surface area is 176 Å². The van der Waals surface area contributed by atoms with Crippen molar-refractivity contribution in [1.29, 1.82) is 0 Å². The fourth-order valence-electron chi connectivity index (χ4n) is 2.93. The lowest BCUT2D eigenvalue weighted by atomic mass is 10.0. The average Bonchev–Trinajstić information content (AvgIpc) is 2.69. The summed E-state index contributed by atoms with van der Waals surface area (Å²) in [5.41, 5.74) is -2.17. The maximum Gasteiger partial charge on any atom is 0.417 e. The second kappa shape index (κ2) is 7.91. The molecule has 0 unspecified atom stereocenters. The van der Waals surface area contributed by atoms with E-state index in [1.54, 1.807) is 0 Å². The Kier molecular flexibility index (Phi) is 5.64. The van der Waals surface area contributed by atoms with Crippen molar-refractivity contribution >= 4 is 34.4 Å². The molecule has 162 valence electrons. The minimum absolute atomic E-state index is 0.0119. The molecule has 12 heteroatoms. The molecule has 31 heavy (non-hydrogen) atoms. The van der Waals surface area contributed by atoms with Crippen molar-refractivity contribution in [2.45, 2.75) is 6.18 Å². The van der Waals surface area contributed by atoms with E-state index < -0.39 is 47.0 Å². The largest absolute Gasteiger partial charge is 0.506 e. The number of aryl methyl sites for hydroxylation is 1. The number of aromatic hydroxyl groups is 1. The van der Waals surface area contributed by atoms with E-state index in [1.165, 1.54) is 25.2 Å². The maximum absolute atomic E-state index is 12.8. The number of nitrogens with zero attached hydrogens (tertiary/aromatic N) is 2. The second-order valence-corrected chi connectivity index (χ2v) is 6.86. The van der Waals surface area contributed by atoms with E-state index in [0.717, 1.165) is 4.57 Å². The van der Waals surface area contributed by atoms with Gasteiger partial charge in [-0.15, -0.1) is 0 Å². The fourth-order valence-corrected chi connectivity index (χ4v) is 3.21. The third-order valence-corrected chi connectivity index (χ3v) is 4.73. The van der Waals surface area contributed by atoms with Crippen molar-refractivity contribution in [3.05, 3.63) is 57.0 Å². The number of fused-ring (bicyclic) bond motifs is 1. The zero-order valence-electron chi connectivity index (χ0n) is 15.6. The summed E-state index contributed by atoms with van der Waals surface area (Å²) in [5, 5.41) is 21.0. The van der Waals surface area contributed by atoms with E-state index in [4.69, 9.17) is 16.7 Å². The van der Waals surface area contributed by atoms with Gasteiger partial charge in [0, 0.05) is 24.2 Å². The molecule has 3 rings (SSSR count). The van der Waals surface area contributed by atoms with Gasteiger partial charge in [0.25, 0.3) is 11.5 Å². The number of halogens is 4. The number of hydrogen-bond acceptors (Lipinski definition) is 5. The van der Waals surface area contributed by atoms with E-state index in [2.05, 4.69) is 4.98 Å². The molecule has 8 nitrogen and oxygen atoms in total. The van der Waals surface area contributed by atoms with E-state index >= 15 is 0 Å². The quantitative estimate of drug-likeness (QED) is 0.556. The van der Waals surface area contributed by atoms with Crippen LogP contribution in [0.1, 0.15) is 15.9 Å². The van der Waals surface area contributed by atoms with Gasteiger partial charge in [0.2, 0.25) is 0 Å². The Balaban J connectivity index is 2.17. The topological polar surface area (TPSA) is 122 Å². The summed E-state index contributed by atoms with van der Waals surface area (Å²) in [6.45, 7) is -0.773. The highest BCUT2D eigenvalue weighted by Gasteiger charge is 2.31. The maximum atomic E-state index is 12.8. The molecule has 1 aromatic carbocycles. The van der Waals surface area contributed by atoms with Crippen molar-refractivity contribution in [2.75, 3.05) is 6.54 Å². The monoisotopic (exact) mass is 455 g/mol.